The summed E-state index contributed by atoms with van der Waals surface area (Å²) in [5.74, 6) is 0.434. The highest BCUT2D eigenvalue weighted by Crippen LogP contribution is 2.26. The Bertz CT molecular complexity index is 458. The van der Waals surface area contributed by atoms with E-state index in [4.69, 9.17) is 5.11 Å². The van der Waals surface area contributed by atoms with E-state index >= 15 is 0 Å². The fraction of sp³-hybridized carbons (Fsp3) is 0.200. The van der Waals surface area contributed by atoms with Gasteiger partial charge in [0.1, 0.15) is 0 Å². The van der Waals surface area contributed by atoms with Crippen LogP contribution in [-0.4, -0.2) is 22.6 Å². The standard InChI is InChI=1S/C10H10N2O3S/c13-6-7-16-10-9(11-15-12(10)14)8-4-2-1-3-5-8/h1-5,13H,6-7H2. The number of hydrogen-bond acceptors (Lipinski definition) is 5. The van der Waals surface area contributed by atoms with Crippen molar-refractivity contribution < 1.29 is 14.6 Å². The summed E-state index contributed by atoms with van der Waals surface area (Å²) in [5, 5.41) is 24.1. The van der Waals surface area contributed by atoms with Crippen LogP contribution in [0.4, 0.5) is 0 Å². The van der Waals surface area contributed by atoms with Gasteiger partial charge in [0, 0.05) is 16.5 Å². The first-order valence-electron chi connectivity index (χ1n) is 4.71. The number of thioether (sulfide) groups is 1. The third-order valence-electron chi connectivity index (χ3n) is 1.95. The number of benzene rings is 1. The van der Waals surface area contributed by atoms with Crippen LogP contribution < -0.4 is 4.90 Å². The predicted octanol–water partition coefficient (Wildman–Crippen LogP) is 1.06. The summed E-state index contributed by atoms with van der Waals surface area (Å²) >= 11 is 1.22. The Morgan fingerprint density at radius 3 is 2.81 bits per heavy atom. The third kappa shape index (κ3) is 2.17. The lowest BCUT2D eigenvalue weighted by Gasteiger charge is -1.96. The highest BCUT2D eigenvalue weighted by Gasteiger charge is 2.20. The molecule has 2 aromatic rings. The van der Waals surface area contributed by atoms with Crippen molar-refractivity contribution in [2.45, 2.75) is 5.03 Å². The Morgan fingerprint density at radius 2 is 2.12 bits per heavy atom. The van der Waals surface area contributed by atoms with Crippen LogP contribution in [0.5, 0.6) is 0 Å². The van der Waals surface area contributed by atoms with E-state index in [0.29, 0.717) is 21.4 Å². The van der Waals surface area contributed by atoms with Crippen molar-refractivity contribution in [1.82, 2.24) is 5.16 Å². The second kappa shape index (κ2) is 5.00. The molecule has 84 valence electrons. The van der Waals surface area contributed by atoms with Gasteiger partial charge >= 0.3 is 0 Å². The first kappa shape index (κ1) is 11.0. The summed E-state index contributed by atoms with van der Waals surface area (Å²) < 4.78 is 4.56. The van der Waals surface area contributed by atoms with E-state index in [-0.39, 0.29) is 6.61 Å². The highest BCUT2D eigenvalue weighted by molar-refractivity contribution is 7.99. The van der Waals surface area contributed by atoms with Crippen LogP contribution in [0.25, 0.3) is 11.3 Å². The molecule has 0 bridgehead atoms. The maximum atomic E-state index is 11.3. The lowest BCUT2D eigenvalue weighted by molar-refractivity contribution is -0.831. The molecule has 0 aliphatic rings. The van der Waals surface area contributed by atoms with Crippen molar-refractivity contribution in [3.8, 4) is 11.3 Å². The van der Waals surface area contributed by atoms with Crippen molar-refractivity contribution in [1.29, 1.82) is 0 Å². The normalized spacial score (nSPS) is 10.6. The molecule has 0 aliphatic heterocycles. The van der Waals surface area contributed by atoms with Gasteiger partial charge in [-0.3, -0.25) is 4.63 Å². The molecule has 16 heavy (non-hydrogen) atoms. The van der Waals surface area contributed by atoms with E-state index in [9.17, 15) is 5.21 Å². The van der Waals surface area contributed by atoms with E-state index in [0.717, 1.165) is 5.56 Å². The van der Waals surface area contributed by atoms with E-state index in [1.165, 1.54) is 11.8 Å². The van der Waals surface area contributed by atoms with Crippen LogP contribution >= 0.6 is 11.8 Å². The molecule has 0 atom stereocenters. The molecule has 0 spiro atoms. The minimum atomic E-state index is 0.00404. The molecule has 0 fully saturated rings. The van der Waals surface area contributed by atoms with Gasteiger partial charge in [0.05, 0.1) is 6.61 Å². The van der Waals surface area contributed by atoms with Crippen LogP contribution in [-0.2, 0) is 0 Å². The number of aliphatic hydroxyl groups excluding tert-OH is 1. The van der Waals surface area contributed by atoms with E-state index < -0.39 is 0 Å². The quantitative estimate of drug-likeness (QED) is 0.637. The number of nitrogens with zero attached hydrogens (tertiary/aromatic N) is 2. The SMILES string of the molecule is [O-][n+]1onc(-c2ccccc2)c1SCCO. The first-order valence-corrected chi connectivity index (χ1v) is 5.70. The van der Waals surface area contributed by atoms with Crippen molar-refractivity contribution in [3.63, 3.8) is 0 Å². The Morgan fingerprint density at radius 1 is 1.38 bits per heavy atom. The summed E-state index contributed by atoms with van der Waals surface area (Å²) in [4.78, 5) is 0.364. The Balaban J connectivity index is 2.34. The smallest absolute Gasteiger partial charge is 0.262 e. The molecule has 1 aromatic carbocycles. The van der Waals surface area contributed by atoms with E-state index in [1.807, 2.05) is 30.3 Å². The minimum absolute atomic E-state index is 0.00404. The Hall–Kier alpha value is -1.53. The second-order valence-corrected chi connectivity index (χ2v) is 4.11. The molecule has 6 heteroatoms. The lowest BCUT2D eigenvalue weighted by Crippen LogP contribution is -2.25. The molecular formula is C10H10N2O3S. The van der Waals surface area contributed by atoms with E-state index in [2.05, 4.69) is 9.79 Å². The van der Waals surface area contributed by atoms with Gasteiger partial charge in [-0.15, -0.1) is 0 Å². The van der Waals surface area contributed by atoms with Gasteiger partial charge in [0.2, 0.25) is 0 Å². The molecule has 0 saturated heterocycles. The lowest BCUT2D eigenvalue weighted by atomic mass is 10.2. The van der Waals surface area contributed by atoms with Crippen molar-refractivity contribution in [2.75, 3.05) is 12.4 Å². The van der Waals surface area contributed by atoms with Crippen LogP contribution in [0.15, 0.2) is 40.0 Å². The maximum Gasteiger partial charge on any atom is 0.262 e. The Kier molecular flexibility index (Phi) is 3.43. The molecule has 1 N–H and O–H groups in total. The van der Waals surface area contributed by atoms with Crippen LogP contribution in [0.1, 0.15) is 0 Å². The molecule has 0 unspecified atom stereocenters. The summed E-state index contributed by atoms with van der Waals surface area (Å²) in [7, 11) is 0. The molecule has 0 saturated carbocycles. The molecule has 1 heterocycles. The van der Waals surface area contributed by atoms with Gasteiger partial charge in [0.15, 0.2) is 0 Å². The summed E-state index contributed by atoms with van der Waals surface area (Å²) in [5.41, 5.74) is 1.33. The number of rotatable bonds is 4. The zero-order valence-electron chi connectivity index (χ0n) is 8.37. The monoisotopic (exact) mass is 238 g/mol. The number of hydrogen-bond donors (Lipinski definition) is 1. The van der Waals surface area contributed by atoms with Crippen LogP contribution in [0, 0.1) is 5.21 Å². The highest BCUT2D eigenvalue weighted by atomic mass is 32.2. The maximum absolute atomic E-state index is 11.3. The zero-order valence-corrected chi connectivity index (χ0v) is 9.18. The molecular weight excluding hydrogens is 228 g/mol. The van der Waals surface area contributed by atoms with Crippen molar-refractivity contribution in [3.05, 3.63) is 35.5 Å². The molecule has 5 nitrogen and oxygen atoms in total. The van der Waals surface area contributed by atoms with E-state index in [1.54, 1.807) is 0 Å². The van der Waals surface area contributed by atoms with Gasteiger partial charge in [-0.2, -0.15) is 0 Å². The predicted molar refractivity (Wildman–Crippen MR) is 58.7 cm³/mol. The Labute approximate surface area is 96.2 Å². The van der Waals surface area contributed by atoms with Gasteiger partial charge in [-0.05, 0) is 4.90 Å². The van der Waals surface area contributed by atoms with Gasteiger partial charge in [-0.1, -0.05) is 42.1 Å². The summed E-state index contributed by atoms with van der Waals surface area (Å²) in [6, 6.07) is 9.30. The number of aliphatic hydroxyl groups is 1. The average molecular weight is 238 g/mol. The molecule has 0 radical (unpaired) electrons. The second-order valence-electron chi connectivity index (χ2n) is 3.02. The largest absolute Gasteiger partial charge is 0.396 e. The molecule has 2 rings (SSSR count). The summed E-state index contributed by atoms with van der Waals surface area (Å²) in [6.45, 7) is 0.00404. The molecule has 0 aliphatic carbocycles. The van der Waals surface area contributed by atoms with Gasteiger partial charge in [-0.25, -0.2) is 0 Å². The average Bonchev–Trinajstić information content (AvgIpc) is 2.69. The zero-order chi connectivity index (χ0) is 11.4. The van der Waals surface area contributed by atoms with Crippen LogP contribution in [0.2, 0.25) is 0 Å². The van der Waals surface area contributed by atoms with Gasteiger partial charge in [0.25, 0.3) is 10.7 Å². The molecule has 1 aromatic heterocycles. The van der Waals surface area contributed by atoms with Crippen LogP contribution in [0.3, 0.4) is 0 Å². The van der Waals surface area contributed by atoms with Crippen molar-refractivity contribution >= 4 is 11.8 Å². The van der Waals surface area contributed by atoms with Crippen molar-refractivity contribution in [2.24, 2.45) is 0 Å². The number of aromatic nitrogens is 2. The van der Waals surface area contributed by atoms with Gasteiger partial charge < -0.3 is 10.3 Å². The first-order chi connectivity index (χ1) is 7.83. The molecule has 0 amide bonds. The fourth-order valence-electron chi connectivity index (χ4n) is 1.28. The minimum Gasteiger partial charge on any atom is -0.396 e. The topological polar surface area (TPSA) is 73.2 Å². The third-order valence-corrected chi connectivity index (χ3v) is 2.95. The fourth-order valence-corrected chi connectivity index (χ4v) is 1.99. The summed E-state index contributed by atoms with van der Waals surface area (Å²) in [6.07, 6.45) is 0.